The summed E-state index contributed by atoms with van der Waals surface area (Å²) in [5, 5.41) is 3.54. The highest BCUT2D eigenvalue weighted by molar-refractivity contribution is 5.26. The van der Waals surface area contributed by atoms with Crippen LogP contribution in [-0.2, 0) is 0 Å². The van der Waals surface area contributed by atoms with Gasteiger partial charge in [-0.2, -0.15) is 0 Å². The lowest BCUT2D eigenvalue weighted by atomic mass is 10.2. The maximum Gasteiger partial charge on any atom is 0.119 e. The Hall–Kier alpha value is -1.02. The SMILES string of the molecule is Cc1ccc(OCCNC2CCCC2)cc1. The third-order valence-corrected chi connectivity index (χ3v) is 3.18. The van der Waals surface area contributed by atoms with E-state index in [9.17, 15) is 0 Å². The second-order valence-corrected chi connectivity index (χ2v) is 4.60. The van der Waals surface area contributed by atoms with E-state index in [2.05, 4.69) is 24.4 Å². The van der Waals surface area contributed by atoms with Crippen molar-refractivity contribution in [3.05, 3.63) is 29.8 Å². The van der Waals surface area contributed by atoms with Gasteiger partial charge in [0.25, 0.3) is 0 Å². The molecule has 0 saturated heterocycles. The number of hydrogen-bond acceptors (Lipinski definition) is 2. The molecule has 16 heavy (non-hydrogen) atoms. The van der Waals surface area contributed by atoms with Crippen molar-refractivity contribution >= 4 is 0 Å². The third-order valence-electron chi connectivity index (χ3n) is 3.18. The molecule has 1 aromatic carbocycles. The first kappa shape index (κ1) is 11.5. The number of hydrogen-bond donors (Lipinski definition) is 1. The highest BCUT2D eigenvalue weighted by atomic mass is 16.5. The summed E-state index contributed by atoms with van der Waals surface area (Å²) >= 11 is 0. The Kier molecular flexibility index (Phi) is 4.23. The topological polar surface area (TPSA) is 21.3 Å². The Balaban J connectivity index is 1.62. The van der Waals surface area contributed by atoms with Crippen LogP contribution in [0.1, 0.15) is 31.2 Å². The van der Waals surface area contributed by atoms with Crippen LogP contribution in [0, 0.1) is 6.92 Å². The van der Waals surface area contributed by atoms with E-state index < -0.39 is 0 Å². The van der Waals surface area contributed by atoms with Gasteiger partial charge in [-0.1, -0.05) is 30.5 Å². The van der Waals surface area contributed by atoms with Gasteiger partial charge in [0.05, 0.1) is 0 Å². The normalized spacial score (nSPS) is 16.6. The van der Waals surface area contributed by atoms with Crippen molar-refractivity contribution in [2.45, 2.75) is 38.6 Å². The van der Waals surface area contributed by atoms with Gasteiger partial charge in [-0.05, 0) is 31.9 Å². The van der Waals surface area contributed by atoms with Gasteiger partial charge in [0, 0.05) is 12.6 Å². The van der Waals surface area contributed by atoms with E-state index in [-0.39, 0.29) is 0 Å². The van der Waals surface area contributed by atoms with Crippen molar-refractivity contribution in [1.82, 2.24) is 5.32 Å². The van der Waals surface area contributed by atoms with Gasteiger partial charge in [-0.3, -0.25) is 0 Å². The van der Waals surface area contributed by atoms with Crippen LogP contribution in [0.2, 0.25) is 0 Å². The van der Waals surface area contributed by atoms with E-state index in [0.717, 1.165) is 24.9 Å². The smallest absolute Gasteiger partial charge is 0.119 e. The Morgan fingerprint density at radius 2 is 1.88 bits per heavy atom. The summed E-state index contributed by atoms with van der Waals surface area (Å²) < 4.78 is 5.66. The molecule has 2 rings (SSSR count). The number of nitrogens with one attached hydrogen (secondary N) is 1. The lowest BCUT2D eigenvalue weighted by Gasteiger charge is -2.12. The van der Waals surface area contributed by atoms with Crippen LogP contribution < -0.4 is 10.1 Å². The van der Waals surface area contributed by atoms with Crippen LogP contribution in [0.25, 0.3) is 0 Å². The molecule has 1 aromatic rings. The summed E-state index contributed by atoms with van der Waals surface area (Å²) in [5.41, 5.74) is 1.27. The molecular weight excluding hydrogens is 198 g/mol. The molecule has 0 unspecified atom stereocenters. The fourth-order valence-corrected chi connectivity index (χ4v) is 2.20. The molecule has 0 heterocycles. The summed E-state index contributed by atoms with van der Waals surface area (Å²) in [6, 6.07) is 8.97. The zero-order valence-corrected chi connectivity index (χ0v) is 10.0. The first-order chi connectivity index (χ1) is 7.84. The van der Waals surface area contributed by atoms with Gasteiger partial charge in [-0.15, -0.1) is 0 Å². The minimum atomic E-state index is 0.738. The zero-order chi connectivity index (χ0) is 11.2. The van der Waals surface area contributed by atoms with Gasteiger partial charge in [0.2, 0.25) is 0 Å². The molecule has 0 radical (unpaired) electrons. The molecule has 1 fully saturated rings. The quantitative estimate of drug-likeness (QED) is 0.769. The predicted octanol–water partition coefficient (Wildman–Crippen LogP) is 2.91. The molecule has 0 atom stereocenters. The predicted molar refractivity (Wildman–Crippen MR) is 66.9 cm³/mol. The van der Waals surface area contributed by atoms with Gasteiger partial charge < -0.3 is 10.1 Å². The largest absolute Gasteiger partial charge is 0.492 e. The van der Waals surface area contributed by atoms with Crippen molar-refractivity contribution in [2.24, 2.45) is 0 Å². The first-order valence-corrected chi connectivity index (χ1v) is 6.27. The molecule has 0 spiro atoms. The number of benzene rings is 1. The molecule has 0 aliphatic heterocycles. The van der Waals surface area contributed by atoms with Crippen LogP contribution in [0.15, 0.2) is 24.3 Å². The standard InChI is InChI=1S/C14H21NO/c1-12-6-8-14(9-7-12)16-11-10-15-13-4-2-3-5-13/h6-9,13,15H,2-5,10-11H2,1H3. The van der Waals surface area contributed by atoms with E-state index >= 15 is 0 Å². The molecular formula is C14H21NO. The van der Waals surface area contributed by atoms with Crippen molar-refractivity contribution < 1.29 is 4.74 Å². The fourth-order valence-electron chi connectivity index (χ4n) is 2.20. The highest BCUT2D eigenvalue weighted by Crippen LogP contribution is 2.17. The summed E-state index contributed by atoms with van der Waals surface area (Å²) in [6.45, 7) is 3.81. The van der Waals surface area contributed by atoms with Crippen LogP contribution >= 0.6 is 0 Å². The Morgan fingerprint density at radius 1 is 1.19 bits per heavy atom. The average Bonchev–Trinajstić information content (AvgIpc) is 2.80. The Bertz CT molecular complexity index is 301. The molecule has 1 saturated carbocycles. The minimum absolute atomic E-state index is 0.738. The molecule has 2 heteroatoms. The summed E-state index contributed by atoms with van der Waals surface area (Å²) in [6.07, 6.45) is 5.45. The van der Waals surface area contributed by atoms with E-state index in [1.54, 1.807) is 0 Å². The molecule has 1 aliphatic carbocycles. The molecule has 0 aromatic heterocycles. The molecule has 0 amide bonds. The molecule has 0 bridgehead atoms. The maximum absolute atomic E-state index is 5.66. The van der Waals surface area contributed by atoms with Gasteiger partial charge in [0.1, 0.15) is 12.4 Å². The van der Waals surface area contributed by atoms with Gasteiger partial charge in [-0.25, -0.2) is 0 Å². The summed E-state index contributed by atoms with van der Waals surface area (Å²) in [4.78, 5) is 0. The van der Waals surface area contributed by atoms with Crippen molar-refractivity contribution in [1.29, 1.82) is 0 Å². The molecule has 88 valence electrons. The second kappa shape index (κ2) is 5.90. The maximum atomic E-state index is 5.66. The lowest BCUT2D eigenvalue weighted by molar-refractivity contribution is 0.305. The summed E-state index contributed by atoms with van der Waals surface area (Å²) in [5.74, 6) is 0.971. The van der Waals surface area contributed by atoms with E-state index in [4.69, 9.17) is 4.74 Å². The molecule has 1 aliphatic rings. The molecule has 2 nitrogen and oxygen atoms in total. The Morgan fingerprint density at radius 3 is 2.56 bits per heavy atom. The monoisotopic (exact) mass is 219 g/mol. The van der Waals surface area contributed by atoms with E-state index in [1.165, 1.54) is 31.2 Å². The minimum Gasteiger partial charge on any atom is -0.492 e. The average molecular weight is 219 g/mol. The second-order valence-electron chi connectivity index (χ2n) is 4.60. The van der Waals surface area contributed by atoms with Crippen LogP contribution in [0.5, 0.6) is 5.75 Å². The van der Waals surface area contributed by atoms with E-state index in [1.807, 2.05) is 12.1 Å². The first-order valence-electron chi connectivity index (χ1n) is 6.27. The van der Waals surface area contributed by atoms with Crippen LogP contribution in [-0.4, -0.2) is 19.2 Å². The van der Waals surface area contributed by atoms with Crippen LogP contribution in [0.3, 0.4) is 0 Å². The van der Waals surface area contributed by atoms with E-state index in [0.29, 0.717) is 0 Å². The van der Waals surface area contributed by atoms with Crippen molar-refractivity contribution in [3.63, 3.8) is 0 Å². The zero-order valence-electron chi connectivity index (χ0n) is 10.0. The summed E-state index contributed by atoms with van der Waals surface area (Å²) in [7, 11) is 0. The van der Waals surface area contributed by atoms with Crippen molar-refractivity contribution in [2.75, 3.05) is 13.2 Å². The molecule has 1 N–H and O–H groups in total. The number of aryl methyl sites for hydroxylation is 1. The lowest BCUT2D eigenvalue weighted by Crippen LogP contribution is -2.30. The van der Waals surface area contributed by atoms with Gasteiger partial charge >= 0.3 is 0 Å². The third kappa shape index (κ3) is 3.53. The fraction of sp³-hybridized carbons (Fsp3) is 0.571. The van der Waals surface area contributed by atoms with Gasteiger partial charge in [0.15, 0.2) is 0 Å². The number of ether oxygens (including phenoxy) is 1. The highest BCUT2D eigenvalue weighted by Gasteiger charge is 2.13. The van der Waals surface area contributed by atoms with Crippen LogP contribution in [0.4, 0.5) is 0 Å². The number of rotatable bonds is 5. The van der Waals surface area contributed by atoms with Crippen molar-refractivity contribution in [3.8, 4) is 5.75 Å². The Labute approximate surface area is 98.0 Å².